The van der Waals surface area contributed by atoms with Crippen molar-refractivity contribution in [2.75, 3.05) is 6.54 Å². The lowest BCUT2D eigenvalue weighted by molar-refractivity contribution is -0.129. The molecule has 100 valence electrons. The number of carbonyl (C=O) groups is 1. The second-order valence-electron chi connectivity index (χ2n) is 5.25. The standard InChI is InChI=1S/C16H20N2O/c17-13-16(10-5-2-6-11-16)15(19)18-12-9-14-7-3-1-4-8-14/h1,3-4,7-8H,2,5-6,9-12H2,(H,18,19). The van der Waals surface area contributed by atoms with Crippen LogP contribution in [-0.2, 0) is 11.2 Å². The molecule has 1 aliphatic carbocycles. The number of benzene rings is 1. The summed E-state index contributed by atoms with van der Waals surface area (Å²) in [6, 6.07) is 12.3. The third-order valence-corrected chi connectivity index (χ3v) is 3.90. The van der Waals surface area contributed by atoms with E-state index in [-0.39, 0.29) is 5.91 Å². The highest BCUT2D eigenvalue weighted by atomic mass is 16.2. The maximum atomic E-state index is 12.2. The largest absolute Gasteiger partial charge is 0.354 e. The predicted octanol–water partition coefficient (Wildman–Crippen LogP) is 2.82. The summed E-state index contributed by atoms with van der Waals surface area (Å²) in [5.74, 6) is -0.0781. The number of hydrogen-bond donors (Lipinski definition) is 1. The molecule has 0 heterocycles. The van der Waals surface area contributed by atoms with Crippen LogP contribution in [0.1, 0.15) is 37.7 Å². The van der Waals surface area contributed by atoms with Crippen molar-refractivity contribution < 1.29 is 4.79 Å². The van der Waals surface area contributed by atoms with Crippen LogP contribution in [-0.4, -0.2) is 12.5 Å². The first-order valence-corrected chi connectivity index (χ1v) is 7.00. The van der Waals surface area contributed by atoms with Gasteiger partial charge in [0, 0.05) is 6.54 Å². The molecule has 0 spiro atoms. The van der Waals surface area contributed by atoms with Crippen LogP contribution in [0, 0.1) is 16.7 Å². The Morgan fingerprint density at radius 1 is 1.21 bits per heavy atom. The Hall–Kier alpha value is -1.82. The summed E-state index contributed by atoms with van der Waals surface area (Å²) in [7, 11) is 0. The fourth-order valence-electron chi connectivity index (χ4n) is 2.68. The van der Waals surface area contributed by atoms with Crippen molar-refractivity contribution in [1.82, 2.24) is 5.32 Å². The van der Waals surface area contributed by atoms with Crippen molar-refractivity contribution in [3.63, 3.8) is 0 Å². The number of hydrogen-bond acceptors (Lipinski definition) is 2. The Morgan fingerprint density at radius 2 is 1.89 bits per heavy atom. The molecule has 0 aliphatic heterocycles. The first-order chi connectivity index (χ1) is 9.27. The summed E-state index contributed by atoms with van der Waals surface area (Å²) in [6.07, 6.45) is 5.34. The molecule has 0 aromatic heterocycles. The average molecular weight is 256 g/mol. The van der Waals surface area contributed by atoms with E-state index in [4.69, 9.17) is 0 Å². The lowest BCUT2D eigenvalue weighted by atomic mass is 9.74. The Balaban J connectivity index is 1.85. The number of amides is 1. The third kappa shape index (κ3) is 3.35. The molecule has 1 fully saturated rings. The van der Waals surface area contributed by atoms with Gasteiger partial charge in [-0.1, -0.05) is 49.6 Å². The first kappa shape index (κ1) is 13.6. The number of nitrogens with one attached hydrogen (secondary N) is 1. The zero-order chi connectivity index (χ0) is 13.6. The van der Waals surface area contributed by atoms with E-state index >= 15 is 0 Å². The maximum absolute atomic E-state index is 12.2. The molecular formula is C16H20N2O. The monoisotopic (exact) mass is 256 g/mol. The van der Waals surface area contributed by atoms with Gasteiger partial charge in [-0.2, -0.15) is 5.26 Å². The highest BCUT2D eigenvalue weighted by molar-refractivity contribution is 5.85. The van der Waals surface area contributed by atoms with Gasteiger partial charge in [0.05, 0.1) is 6.07 Å². The van der Waals surface area contributed by atoms with Gasteiger partial charge < -0.3 is 5.32 Å². The van der Waals surface area contributed by atoms with Crippen LogP contribution in [0.15, 0.2) is 30.3 Å². The predicted molar refractivity (Wildman–Crippen MR) is 74.3 cm³/mol. The molecule has 0 atom stereocenters. The number of nitriles is 1. The van der Waals surface area contributed by atoms with Gasteiger partial charge in [-0.3, -0.25) is 4.79 Å². The maximum Gasteiger partial charge on any atom is 0.240 e. The summed E-state index contributed by atoms with van der Waals surface area (Å²) < 4.78 is 0. The minimum absolute atomic E-state index is 0.0781. The topological polar surface area (TPSA) is 52.9 Å². The highest BCUT2D eigenvalue weighted by Gasteiger charge is 2.39. The van der Waals surface area contributed by atoms with Gasteiger partial charge in [-0.05, 0) is 24.8 Å². The minimum atomic E-state index is -0.769. The van der Waals surface area contributed by atoms with Crippen LogP contribution in [0.4, 0.5) is 0 Å². The Morgan fingerprint density at radius 3 is 2.53 bits per heavy atom. The van der Waals surface area contributed by atoms with Gasteiger partial charge in [0.25, 0.3) is 0 Å². The summed E-state index contributed by atoms with van der Waals surface area (Å²) in [4.78, 5) is 12.2. The van der Waals surface area contributed by atoms with Gasteiger partial charge in [0.15, 0.2) is 0 Å². The normalized spacial score (nSPS) is 17.4. The lowest BCUT2D eigenvalue weighted by Crippen LogP contribution is -2.42. The van der Waals surface area contributed by atoms with Crippen LogP contribution >= 0.6 is 0 Å². The summed E-state index contributed by atoms with van der Waals surface area (Å²) in [5.41, 5.74) is 0.437. The van der Waals surface area contributed by atoms with E-state index in [0.717, 1.165) is 25.7 Å². The SMILES string of the molecule is N#CC1(C(=O)NCCc2ccccc2)CCCCC1. The molecule has 0 radical (unpaired) electrons. The van der Waals surface area contributed by atoms with Crippen molar-refractivity contribution in [1.29, 1.82) is 5.26 Å². The fourth-order valence-corrected chi connectivity index (χ4v) is 2.68. The molecule has 0 saturated heterocycles. The molecule has 0 bridgehead atoms. The van der Waals surface area contributed by atoms with E-state index < -0.39 is 5.41 Å². The number of rotatable bonds is 4. The fraction of sp³-hybridized carbons (Fsp3) is 0.500. The molecule has 19 heavy (non-hydrogen) atoms. The molecule has 1 saturated carbocycles. The number of nitrogens with zero attached hydrogens (tertiary/aromatic N) is 1. The Kier molecular flexibility index (Phi) is 4.57. The van der Waals surface area contributed by atoms with Gasteiger partial charge in [-0.25, -0.2) is 0 Å². The first-order valence-electron chi connectivity index (χ1n) is 7.00. The van der Waals surface area contributed by atoms with Crippen molar-refractivity contribution >= 4 is 5.91 Å². The van der Waals surface area contributed by atoms with Gasteiger partial charge in [-0.15, -0.1) is 0 Å². The number of carbonyl (C=O) groups excluding carboxylic acids is 1. The average Bonchev–Trinajstić information content (AvgIpc) is 2.49. The molecule has 1 N–H and O–H groups in total. The van der Waals surface area contributed by atoms with E-state index in [1.807, 2.05) is 30.3 Å². The van der Waals surface area contributed by atoms with Crippen molar-refractivity contribution in [3.05, 3.63) is 35.9 Å². The van der Waals surface area contributed by atoms with Crippen LogP contribution < -0.4 is 5.32 Å². The van der Waals surface area contributed by atoms with E-state index in [1.54, 1.807) is 0 Å². The quantitative estimate of drug-likeness (QED) is 0.900. The molecule has 0 unspecified atom stereocenters. The minimum Gasteiger partial charge on any atom is -0.354 e. The van der Waals surface area contributed by atoms with Crippen LogP contribution in [0.2, 0.25) is 0 Å². The molecule has 1 aromatic carbocycles. The molecular weight excluding hydrogens is 236 g/mol. The molecule has 2 rings (SSSR count). The smallest absolute Gasteiger partial charge is 0.240 e. The summed E-state index contributed by atoms with van der Waals surface area (Å²) in [6.45, 7) is 0.603. The molecule has 1 aromatic rings. The highest BCUT2D eigenvalue weighted by Crippen LogP contribution is 2.35. The van der Waals surface area contributed by atoms with Gasteiger partial charge in [0.1, 0.15) is 5.41 Å². The van der Waals surface area contributed by atoms with Crippen LogP contribution in [0.25, 0.3) is 0 Å². The van der Waals surface area contributed by atoms with Gasteiger partial charge >= 0.3 is 0 Å². The van der Waals surface area contributed by atoms with Crippen molar-refractivity contribution in [2.45, 2.75) is 38.5 Å². The van der Waals surface area contributed by atoms with Gasteiger partial charge in [0.2, 0.25) is 5.91 Å². The molecule has 1 amide bonds. The third-order valence-electron chi connectivity index (χ3n) is 3.90. The Bertz CT molecular complexity index is 455. The van der Waals surface area contributed by atoms with E-state index in [2.05, 4.69) is 11.4 Å². The van der Waals surface area contributed by atoms with Crippen molar-refractivity contribution in [2.24, 2.45) is 5.41 Å². The summed E-state index contributed by atoms with van der Waals surface area (Å²) in [5, 5.41) is 12.2. The second-order valence-corrected chi connectivity index (χ2v) is 5.25. The molecule has 3 nitrogen and oxygen atoms in total. The lowest BCUT2D eigenvalue weighted by Gasteiger charge is -2.29. The zero-order valence-corrected chi connectivity index (χ0v) is 11.2. The Labute approximate surface area is 114 Å². The summed E-state index contributed by atoms with van der Waals surface area (Å²) >= 11 is 0. The van der Waals surface area contributed by atoms with E-state index in [9.17, 15) is 10.1 Å². The van der Waals surface area contributed by atoms with Crippen LogP contribution in [0.3, 0.4) is 0 Å². The zero-order valence-electron chi connectivity index (χ0n) is 11.2. The van der Waals surface area contributed by atoms with Crippen LogP contribution in [0.5, 0.6) is 0 Å². The van der Waals surface area contributed by atoms with E-state index in [1.165, 1.54) is 5.56 Å². The van der Waals surface area contributed by atoms with E-state index in [0.29, 0.717) is 19.4 Å². The van der Waals surface area contributed by atoms with Crippen molar-refractivity contribution in [3.8, 4) is 6.07 Å². The second kappa shape index (κ2) is 6.38. The molecule has 3 heteroatoms. The molecule has 1 aliphatic rings.